The van der Waals surface area contributed by atoms with Gasteiger partial charge in [-0.15, -0.1) is 0 Å². The average Bonchev–Trinajstić information content (AvgIpc) is 2.79. The molecule has 5 nitrogen and oxygen atoms in total. The molecule has 0 fully saturated rings. The van der Waals surface area contributed by atoms with Crippen molar-refractivity contribution in [1.82, 2.24) is 9.97 Å². The highest BCUT2D eigenvalue weighted by Gasteiger charge is 2.12. The summed E-state index contributed by atoms with van der Waals surface area (Å²) >= 11 is 0. The number of aldehydes is 1. The minimum atomic E-state index is 0.0760. The normalized spacial score (nSPS) is 10.8. The summed E-state index contributed by atoms with van der Waals surface area (Å²) in [7, 11) is 1.62. The number of fused-ring (bicyclic) bond motifs is 1. The van der Waals surface area contributed by atoms with Crippen molar-refractivity contribution < 1.29 is 14.3 Å². The van der Waals surface area contributed by atoms with Gasteiger partial charge in [0.15, 0.2) is 17.9 Å². The predicted molar refractivity (Wildman–Crippen MR) is 71.7 cm³/mol. The molecule has 1 aromatic heterocycles. The van der Waals surface area contributed by atoms with Crippen LogP contribution in [0, 0.1) is 6.92 Å². The van der Waals surface area contributed by atoms with E-state index in [0.717, 1.165) is 11.1 Å². The quantitative estimate of drug-likeness (QED) is 0.491. The van der Waals surface area contributed by atoms with Gasteiger partial charge in [-0.1, -0.05) is 0 Å². The van der Waals surface area contributed by atoms with Crippen molar-refractivity contribution in [3.05, 3.63) is 29.1 Å². The molecule has 0 saturated heterocycles. The number of carbonyl (C=O) groups excluding carboxylic acids is 2. The molecule has 1 heterocycles. The third kappa shape index (κ3) is 2.88. The van der Waals surface area contributed by atoms with Crippen LogP contribution in [0.2, 0.25) is 0 Å². The third-order valence-corrected chi connectivity index (χ3v) is 3.01. The van der Waals surface area contributed by atoms with Crippen molar-refractivity contribution in [2.24, 2.45) is 0 Å². The number of hydrogen-bond acceptors (Lipinski definition) is 4. The molecule has 100 valence electrons. The van der Waals surface area contributed by atoms with Crippen molar-refractivity contribution >= 4 is 23.1 Å². The van der Waals surface area contributed by atoms with Gasteiger partial charge >= 0.3 is 0 Å². The topological polar surface area (TPSA) is 72.0 Å². The summed E-state index contributed by atoms with van der Waals surface area (Å²) in [5.74, 6) is 0.352. The molecule has 1 N–H and O–H groups in total. The third-order valence-electron chi connectivity index (χ3n) is 3.01. The number of rotatable bonds is 6. The Balaban J connectivity index is 2.29. The molecule has 0 spiro atoms. The molecule has 5 heteroatoms. The lowest BCUT2D eigenvalue weighted by Crippen LogP contribution is -2.03. The number of nitrogens with zero attached hydrogens (tertiary/aromatic N) is 1. The standard InChI is InChI=1S/C14H16N2O3/c1-9-6-11-12(16-14(8-17)15-11)7-10(9)13(18)4-3-5-19-2/h6-8H,3-5H2,1-2H3,(H,15,16). The van der Waals surface area contributed by atoms with Gasteiger partial charge in [-0.25, -0.2) is 4.98 Å². The predicted octanol–water partition coefficient (Wildman–Crippen LogP) is 2.29. The van der Waals surface area contributed by atoms with Crippen molar-refractivity contribution in [3.8, 4) is 0 Å². The number of H-pyrrole nitrogens is 1. The first-order valence-corrected chi connectivity index (χ1v) is 6.13. The minimum absolute atomic E-state index is 0.0760. The van der Waals surface area contributed by atoms with Crippen LogP contribution in [-0.4, -0.2) is 35.8 Å². The Kier molecular flexibility index (Phi) is 4.06. The SMILES string of the molecule is COCCCC(=O)c1cc2nc(C=O)[nH]c2cc1C. The van der Waals surface area contributed by atoms with E-state index in [4.69, 9.17) is 4.74 Å². The van der Waals surface area contributed by atoms with E-state index < -0.39 is 0 Å². The first-order valence-electron chi connectivity index (χ1n) is 6.13. The number of benzene rings is 1. The molecule has 0 aliphatic carbocycles. The van der Waals surface area contributed by atoms with E-state index in [1.54, 1.807) is 13.2 Å². The molecule has 0 aliphatic heterocycles. The Labute approximate surface area is 111 Å². The lowest BCUT2D eigenvalue weighted by atomic mass is 10.0. The van der Waals surface area contributed by atoms with Gasteiger partial charge in [-0.05, 0) is 31.0 Å². The van der Waals surface area contributed by atoms with Gasteiger partial charge in [0.1, 0.15) is 0 Å². The number of ether oxygens (including phenoxy) is 1. The van der Waals surface area contributed by atoms with Crippen LogP contribution in [-0.2, 0) is 4.74 Å². The number of carbonyl (C=O) groups is 2. The molecule has 2 rings (SSSR count). The average molecular weight is 260 g/mol. The van der Waals surface area contributed by atoms with Crippen molar-refractivity contribution in [3.63, 3.8) is 0 Å². The number of hydrogen-bond donors (Lipinski definition) is 1. The summed E-state index contributed by atoms with van der Waals surface area (Å²) in [6.07, 6.45) is 1.81. The molecule has 0 unspecified atom stereocenters. The summed E-state index contributed by atoms with van der Waals surface area (Å²) in [6, 6.07) is 3.59. The molecule has 2 aromatic rings. The summed E-state index contributed by atoms with van der Waals surface area (Å²) in [4.78, 5) is 29.8. The first kappa shape index (κ1) is 13.4. The summed E-state index contributed by atoms with van der Waals surface area (Å²) in [5.41, 5.74) is 2.96. The number of methoxy groups -OCH3 is 1. The second-order valence-corrected chi connectivity index (χ2v) is 4.44. The van der Waals surface area contributed by atoms with Crippen LogP contribution in [0.15, 0.2) is 12.1 Å². The minimum Gasteiger partial charge on any atom is -0.385 e. The summed E-state index contributed by atoms with van der Waals surface area (Å²) in [5, 5.41) is 0. The van der Waals surface area contributed by atoms with Gasteiger partial charge in [0.05, 0.1) is 11.0 Å². The number of Topliss-reactive ketones (excluding diaryl/α,β-unsaturated/α-hetero) is 1. The molecule has 0 amide bonds. The molecule has 0 aliphatic rings. The van der Waals surface area contributed by atoms with E-state index in [-0.39, 0.29) is 11.6 Å². The van der Waals surface area contributed by atoms with Crippen molar-refractivity contribution in [2.45, 2.75) is 19.8 Å². The second kappa shape index (κ2) is 5.75. The van der Waals surface area contributed by atoms with Crippen molar-refractivity contribution in [2.75, 3.05) is 13.7 Å². The smallest absolute Gasteiger partial charge is 0.185 e. The highest BCUT2D eigenvalue weighted by molar-refractivity contribution is 6.00. The number of aromatic nitrogens is 2. The molecule has 0 saturated carbocycles. The van der Waals surface area contributed by atoms with Crippen LogP contribution in [0.1, 0.15) is 39.4 Å². The summed E-state index contributed by atoms with van der Waals surface area (Å²) in [6.45, 7) is 2.45. The zero-order valence-corrected chi connectivity index (χ0v) is 11.0. The summed E-state index contributed by atoms with van der Waals surface area (Å²) < 4.78 is 4.94. The maximum atomic E-state index is 12.1. The molecule has 0 atom stereocenters. The van der Waals surface area contributed by atoms with Gasteiger partial charge in [0, 0.05) is 25.7 Å². The Morgan fingerprint density at radius 3 is 2.95 bits per heavy atom. The molecular weight excluding hydrogens is 244 g/mol. The van der Waals surface area contributed by atoms with Crippen LogP contribution in [0.4, 0.5) is 0 Å². The van der Waals surface area contributed by atoms with Gasteiger partial charge in [-0.2, -0.15) is 0 Å². The number of aromatic amines is 1. The van der Waals surface area contributed by atoms with E-state index in [0.29, 0.717) is 36.8 Å². The Morgan fingerprint density at radius 1 is 1.47 bits per heavy atom. The highest BCUT2D eigenvalue weighted by Crippen LogP contribution is 2.19. The molecule has 0 bridgehead atoms. The van der Waals surface area contributed by atoms with Gasteiger partial charge in [-0.3, -0.25) is 9.59 Å². The van der Waals surface area contributed by atoms with E-state index in [2.05, 4.69) is 9.97 Å². The Bertz CT molecular complexity index is 616. The molecule has 1 aromatic carbocycles. The lowest BCUT2D eigenvalue weighted by Gasteiger charge is -2.05. The Hall–Kier alpha value is -2.01. The fourth-order valence-corrected chi connectivity index (χ4v) is 2.05. The fraction of sp³-hybridized carbons (Fsp3) is 0.357. The zero-order chi connectivity index (χ0) is 13.8. The first-order chi connectivity index (χ1) is 9.15. The van der Waals surface area contributed by atoms with E-state index >= 15 is 0 Å². The maximum absolute atomic E-state index is 12.1. The number of aryl methyl sites for hydroxylation is 1. The fourth-order valence-electron chi connectivity index (χ4n) is 2.05. The number of imidazole rings is 1. The van der Waals surface area contributed by atoms with Crippen LogP contribution in [0.5, 0.6) is 0 Å². The van der Waals surface area contributed by atoms with Gasteiger partial charge in [0.25, 0.3) is 0 Å². The largest absolute Gasteiger partial charge is 0.385 e. The van der Waals surface area contributed by atoms with E-state index in [1.807, 2.05) is 13.0 Å². The van der Waals surface area contributed by atoms with Crippen LogP contribution in [0.25, 0.3) is 11.0 Å². The van der Waals surface area contributed by atoms with Crippen LogP contribution in [0.3, 0.4) is 0 Å². The lowest BCUT2D eigenvalue weighted by molar-refractivity contribution is 0.0962. The molecular formula is C14H16N2O3. The zero-order valence-electron chi connectivity index (χ0n) is 11.0. The molecule has 19 heavy (non-hydrogen) atoms. The van der Waals surface area contributed by atoms with Gasteiger partial charge < -0.3 is 9.72 Å². The van der Waals surface area contributed by atoms with E-state index in [9.17, 15) is 9.59 Å². The maximum Gasteiger partial charge on any atom is 0.185 e. The second-order valence-electron chi connectivity index (χ2n) is 4.44. The van der Waals surface area contributed by atoms with E-state index in [1.165, 1.54) is 0 Å². The van der Waals surface area contributed by atoms with Crippen LogP contribution < -0.4 is 0 Å². The Morgan fingerprint density at radius 2 is 2.26 bits per heavy atom. The van der Waals surface area contributed by atoms with Crippen molar-refractivity contribution in [1.29, 1.82) is 0 Å². The van der Waals surface area contributed by atoms with Crippen LogP contribution >= 0.6 is 0 Å². The number of ketones is 1. The number of nitrogens with one attached hydrogen (secondary N) is 1. The molecule has 0 radical (unpaired) electrons. The highest BCUT2D eigenvalue weighted by atomic mass is 16.5. The van der Waals surface area contributed by atoms with Gasteiger partial charge in [0.2, 0.25) is 0 Å². The monoisotopic (exact) mass is 260 g/mol.